The van der Waals surface area contributed by atoms with Crippen LogP contribution in [0.4, 0.5) is 0 Å². The molecule has 0 spiro atoms. The normalized spacial score (nSPS) is 16.6. The van der Waals surface area contributed by atoms with Gasteiger partial charge in [-0.25, -0.2) is 4.98 Å². The Morgan fingerprint density at radius 1 is 1.38 bits per heavy atom. The van der Waals surface area contributed by atoms with Crippen molar-refractivity contribution in [2.24, 2.45) is 0 Å². The SMILES string of the molecule is CCCNCc1c(SC2CCOCC2)nc2ccccn12. The Hall–Kier alpha value is -1.04. The fraction of sp³-hybridized carbons (Fsp3) is 0.562. The summed E-state index contributed by atoms with van der Waals surface area (Å²) in [4.78, 5) is 4.83. The summed E-state index contributed by atoms with van der Waals surface area (Å²) in [6.45, 7) is 5.88. The van der Waals surface area contributed by atoms with Gasteiger partial charge in [-0.15, -0.1) is 11.8 Å². The number of pyridine rings is 1. The lowest BCUT2D eigenvalue weighted by atomic mass is 10.2. The van der Waals surface area contributed by atoms with Crippen molar-refractivity contribution in [1.82, 2.24) is 14.7 Å². The Balaban J connectivity index is 1.82. The molecule has 2 aromatic heterocycles. The Bertz CT molecular complexity index is 578. The predicted molar refractivity (Wildman–Crippen MR) is 86.9 cm³/mol. The van der Waals surface area contributed by atoms with Crippen LogP contribution in [0.15, 0.2) is 29.4 Å². The number of thioether (sulfide) groups is 1. The van der Waals surface area contributed by atoms with Crippen molar-refractivity contribution in [2.75, 3.05) is 19.8 Å². The van der Waals surface area contributed by atoms with Gasteiger partial charge in [0.25, 0.3) is 0 Å². The van der Waals surface area contributed by atoms with E-state index >= 15 is 0 Å². The van der Waals surface area contributed by atoms with Crippen molar-refractivity contribution in [3.8, 4) is 0 Å². The molecule has 21 heavy (non-hydrogen) atoms. The molecule has 0 saturated carbocycles. The second-order valence-electron chi connectivity index (χ2n) is 5.40. The van der Waals surface area contributed by atoms with Gasteiger partial charge in [0.15, 0.2) is 0 Å². The Morgan fingerprint density at radius 3 is 3.05 bits per heavy atom. The van der Waals surface area contributed by atoms with Crippen molar-refractivity contribution in [3.05, 3.63) is 30.1 Å². The van der Waals surface area contributed by atoms with Gasteiger partial charge in [0.2, 0.25) is 0 Å². The molecule has 5 heteroatoms. The third-order valence-electron chi connectivity index (χ3n) is 3.76. The second kappa shape index (κ2) is 7.29. The second-order valence-corrected chi connectivity index (χ2v) is 6.69. The molecule has 4 nitrogen and oxygen atoms in total. The zero-order valence-electron chi connectivity index (χ0n) is 12.5. The maximum absolute atomic E-state index is 5.45. The molecule has 1 aliphatic heterocycles. The van der Waals surface area contributed by atoms with E-state index in [1.165, 1.54) is 10.7 Å². The summed E-state index contributed by atoms with van der Waals surface area (Å²) in [7, 11) is 0. The minimum atomic E-state index is 0.633. The van der Waals surface area contributed by atoms with Gasteiger partial charge >= 0.3 is 0 Å². The first-order valence-corrected chi connectivity index (χ1v) is 8.67. The van der Waals surface area contributed by atoms with E-state index in [2.05, 4.69) is 41.0 Å². The fourth-order valence-corrected chi connectivity index (χ4v) is 3.81. The minimum absolute atomic E-state index is 0.633. The van der Waals surface area contributed by atoms with Crippen LogP contribution in [0.1, 0.15) is 31.9 Å². The number of hydrogen-bond acceptors (Lipinski definition) is 4. The summed E-state index contributed by atoms with van der Waals surface area (Å²) < 4.78 is 7.67. The average Bonchev–Trinajstić information content (AvgIpc) is 2.86. The van der Waals surface area contributed by atoms with Gasteiger partial charge < -0.3 is 14.5 Å². The Labute approximate surface area is 130 Å². The molecular weight excluding hydrogens is 282 g/mol. The van der Waals surface area contributed by atoms with E-state index < -0.39 is 0 Å². The van der Waals surface area contributed by atoms with Crippen molar-refractivity contribution >= 4 is 17.4 Å². The number of imidazole rings is 1. The van der Waals surface area contributed by atoms with Crippen LogP contribution in [0.3, 0.4) is 0 Å². The lowest BCUT2D eigenvalue weighted by molar-refractivity contribution is 0.1000. The molecule has 1 saturated heterocycles. The van der Waals surface area contributed by atoms with Crippen LogP contribution in [0.2, 0.25) is 0 Å². The molecule has 0 aromatic carbocycles. The highest BCUT2D eigenvalue weighted by Gasteiger charge is 2.20. The van der Waals surface area contributed by atoms with E-state index in [1.54, 1.807) is 0 Å². The third kappa shape index (κ3) is 3.59. The average molecular weight is 305 g/mol. The molecule has 114 valence electrons. The maximum Gasteiger partial charge on any atom is 0.138 e. The van der Waals surface area contributed by atoms with E-state index in [-0.39, 0.29) is 0 Å². The summed E-state index contributed by atoms with van der Waals surface area (Å²) in [5.41, 5.74) is 2.33. The minimum Gasteiger partial charge on any atom is -0.381 e. The standard InChI is InChI=1S/C16H23N3OS/c1-2-8-17-12-14-16(21-13-6-10-20-11-7-13)18-15-5-3-4-9-19(14)15/h3-5,9,13,17H,2,6-8,10-12H2,1H3. The number of rotatable bonds is 6. The summed E-state index contributed by atoms with van der Waals surface area (Å²) in [5, 5.41) is 5.32. The van der Waals surface area contributed by atoms with Gasteiger partial charge in [-0.3, -0.25) is 0 Å². The number of ether oxygens (including phenoxy) is 1. The number of hydrogen-bond donors (Lipinski definition) is 1. The molecule has 3 heterocycles. The molecule has 0 aliphatic carbocycles. The Morgan fingerprint density at radius 2 is 2.24 bits per heavy atom. The topological polar surface area (TPSA) is 38.6 Å². The molecule has 0 radical (unpaired) electrons. The molecular formula is C16H23N3OS. The van der Waals surface area contributed by atoms with E-state index in [0.29, 0.717) is 5.25 Å². The largest absolute Gasteiger partial charge is 0.381 e. The van der Waals surface area contributed by atoms with Gasteiger partial charge in [0, 0.05) is 31.2 Å². The van der Waals surface area contributed by atoms with Crippen LogP contribution in [0.25, 0.3) is 5.65 Å². The van der Waals surface area contributed by atoms with Gasteiger partial charge in [-0.2, -0.15) is 0 Å². The highest BCUT2D eigenvalue weighted by molar-refractivity contribution is 7.99. The van der Waals surface area contributed by atoms with Crippen molar-refractivity contribution in [3.63, 3.8) is 0 Å². The van der Waals surface area contributed by atoms with E-state index in [1.807, 2.05) is 11.8 Å². The van der Waals surface area contributed by atoms with Crippen molar-refractivity contribution in [1.29, 1.82) is 0 Å². The molecule has 1 aliphatic rings. The highest BCUT2D eigenvalue weighted by atomic mass is 32.2. The molecule has 3 rings (SSSR count). The fourth-order valence-electron chi connectivity index (χ4n) is 2.62. The van der Waals surface area contributed by atoms with Crippen LogP contribution in [0.5, 0.6) is 0 Å². The summed E-state index contributed by atoms with van der Waals surface area (Å²) in [6.07, 6.45) is 5.51. The summed E-state index contributed by atoms with van der Waals surface area (Å²) in [5.74, 6) is 0. The van der Waals surface area contributed by atoms with Crippen molar-refractivity contribution < 1.29 is 4.74 Å². The van der Waals surface area contributed by atoms with Crippen LogP contribution in [-0.4, -0.2) is 34.4 Å². The van der Waals surface area contributed by atoms with Crippen molar-refractivity contribution in [2.45, 2.75) is 43.0 Å². The molecule has 0 atom stereocenters. The van der Waals surface area contributed by atoms with E-state index in [0.717, 1.165) is 51.2 Å². The summed E-state index contributed by atoms with van der Waals surface area (Å²) in [6, 6.07) is 6.20. The van der Waals surface area contributed by atoms with Crippen LogP contribution in [-0.2, 0) is 11.3 Å². The van der Waals surface area contributed by atoms with E-state index in [4.69, 9.17) is 9.72 Å². The van der Waals surface area contributed by atoms with E-state index in [9.17, 15) is 0 Å². The van der Waals surface area contributed by atoms with Gasteiger partial charge in [-0.1, -0.05) is 13.0 Å². The predicted octanol–water partition coefficient (Wildman–Crippen LogP) is 3.11. The first-order chi connectivity index (χ1) is 10.4. The zero-order chi connectivity index (χ0) is 14.5. The van der Waals surface area contributed by atoms with Crippen LogP contribution in [0, 0.1) is 0 Å². The molecule has 0 amide bonds. The zero-order valence-corrected chi connectivity index (χ0v) is 13.4. The van der Waals surface area contributed by atoms with Gasteiger partial charge in [0.1, 0.15) is 10.7 Å². The Kier molecular flexibility index (Phi) is 5.17. The molecule has 1 fully saturated rings. The lowest BCUT2D eigenvalue weighted by Gasteiger charge is -2.21. The smallest absolute Gasteiger partial charge is 0.138 e. The number of nitrogens with zero attached hydrogens (tertiary/aromatic N) is 2. The van der Waals surface area contributed by atoms with Gasteiger partial charge in [0.05, 0.1) is 5.69 Å². The molecule has 1 N–H and O–H groups in total. The number of aromatic nitrogens is 2. The molecule has 0 unspecified atom stereocenters. The molecule has 2 aromatic rings. The van der Waals surface area contributed by atoms with Gasteiger partial charge in [-0.05, 0) is 37.9 Å². The van der Waals surface area contributed by atoms with Crippen LogP contribution < -0.4 is 5.32 Å². The lowest BCUT2D eigenvalue weighted by Crippen LogP contribution is -2.19. The maximum atomic E-state index is 5.45. The van der Waals surface area contributed by atoms with Crippen LogP contribution >= 0.6 is 11.8 Å². The number of nitrogens with one attached hydrogen (secondary N) is 1. The monoisotopic (exact) mass is 305 g/mol. The third-order valence-corrected chi connectivity index (χ3v) is 5.11. The number of fused-ring (bicyclic) bond motifs is 1. The first-order valence-electron chi connectivity index (χ1n) is 7.79. The molecule has 0 bridgehead atoms. The highest BCUT2D eigenvalue weighted by Crippen LogP contribution is 2.32. The first kappa shape index (κ1) is 14.9. The quantitative estimate of drug-likeness (QED) is 0.832. The summed E-state index contributed by atoms with van der Waals surface area (Å²) >= 11 is 1.92.